The number of carbonyl (C=O) groups is 1. The summed E-state index contributed by atoms with van der Waals surface area (Å²) in [4.78, 5) is 23.2. The highest BCUT2D eigenvalue weighted by Gasteiger charge is 2.10. The first kappa shape index (κ1) is 21.4. The molecule has 3 rings (SSSR count). The molecule has 29 heavy (non-hydrogen) atoms. The molecule has 1 N–H and O–H groups in total. The minimum Gasteiger partial charge on any atom is -0.489 e. The Morgan fingerprint density at radius 2 is 2.03 bits per heavy atom. The second-order valence-corrected chi connectivity index (χ2v) is 7.60. The first-order valence-corrected chi connectivity index (χ1v) is 10.4. The molecule has 0 unspecified atom stereocenters. The zero-order valence-corrected chi connectivity index (χ0v) is 18.2. The maximum atomic E-state index is 13.6. The van der Waals surface area contributed by atoms with E-state index in [0.29, 0.717) is 37.5 Å². The Morgan fingerprint density at radius 1 is 1.21 bits per heavy atom. The number of fused-ring (bicyclic) bond motifs is 1. The molecule has 8 heteroatoms. The molecule has 0 bridgehead atoms. The lowest BCUT2D eigenvalue weighted by Crippen LogP contribution is -2.37. The molecule has 0 aliphatic heterocycles. The van der Waals surface area contributed by atoms with E-state index in [1.54, 1.807) is 18.2 Å². The van der Waals surface area contributed by atoms with Crippen molar-refractivity contribution in [2.24, 2.45) is 0 Å². The fourth-order valence-corrected chi connectivity index (χ4v) is 3.26. The molecule has 0 aliphatic carbocycles. The fraction of sp³-hybridized carbons (Fsp3) is 0.286. The van der Waals surface area contributed by atoms with E-state index in [4.69, 9.17) is 4.74 Å². The van der Waals surface area contributed by atoms with Crippen LogP contribution in [0.4, 0.5) is 4.39 Å². The largest absolute Gasteiger partial charge is 0.489 e. The van der Waals surface area contributed by atoms with Crippen molar-refractivity contribution in [3.63, 3.8) is 0 Å². The number of aromatic nitrogens is 2. The lowest BCUT2D eigenvalue weighted by atomic mass is 10.3. The summed E-state index contributed by atoms with van der Waals surface area (Å²) in [5, 5.41) is 2.87. The number of likely N-dealkylation sites (N-methyl/N-ethyl adjacent to an activating group) is 1. The van der Waals surface area contributed by atoms with E-state index in [1.807, 2.05) is 25.1 Å². The summed E-state index contributed by atoms with van der Waals surface area (Å²) in [5.41, 5.74) is 1.75. The topological polar surface area (TPSA) is 67.4 Å². The van der Waals surface area contributed by atoms with E-state index < -0.39 is 0 Å². The van der Waals surface area contributed by atoms with Crippen molar-refractivity contribution in [1.82, 2.24) is 20.2 Å². The van der Waals surface area contributed by atoms with Crippen LogP contribution in [0.2, 0.25) is 0 Å². The summed E-state index contributed by atoms with van der Waals surface area (Å²) in [7, 11) is 0. The lowest BCUT2D eigenvalue weighted by molar-refractivity contribution is 0.0942. The average Bonchev–Trinajstić information content (AvgIpc) is 2.73. The number of carbonyl (C=O) groups excluding carboxylic acids is 1. The molecular formula is C21H22FIN4O2. The maximum Gasteiger partial charge on any atom is 0.271 e. The van der Waals surface area contributed by atoms with Gasteiger partial charge in [-0.15, -0.1) is 0 Å². The van der Waals surface area contributed by atoms with E-state index in [0.717, 1.165) is 15.6 Å². The third-order valence-corrected chi connectivity index (χ3v) is 5.07. The third-order valence-electron chi connectivity index (χ3n) is 4.40. The van der Waals surface area contributed by atoms with Crippen LogP contribution >= 0.6 is 22.6 Å². The normalized spacial score (nSPS) is 11.0. The van der Waals surface area contributed by atoms with Gasteiger partial charge in [0, 0.05) is 23.2 Å². The van der Waals surface area contributed by atoms with Crippen molar-refractivity contribution in [3.8, 4) is 5.75 Å². The van der Waals surface area contributed by atoms with Crippen molar-refractivity contribution in [1.29, 1.82) is 0 Å². The van der Waals surface area contributed by atoms with Crippen LogP contribution < -0.4 is 10.1 Å². The Bertz CT molecular complexity index is 986. The molecule has 3 aromatic rings. The van der Waals surface area contributed by atoms with Crippen molar-refractivity contribution in [2.45, 2.75) is 6.92 Å². The van der Waals surface area contributed by atoms with Gasteiger partial charge in [-0.05, 0) is 59.5 Å². The molecule has 1 amide bonds. The summed E-state index contributed by atoms with van der Waals surface area (Å²) in [6, 6.07) is 12.1. The molecule has 1 heterocycles. The number of nitrogens with zero attached hydrogens (tertiary/aromatic N) is 3. The van der Waals surface area contributed by atoms with Gasteiger partial charge in [-0.1, -0.05) is 19.1 Å². The van der Waals surface area contributed by atoms with Gasteiger partial charge < -0.3 is 10.1 Å². The number of ether oxygens (including phenoxy) is 1. The molecule has 0 fully saturated rings. The number of amides is 1. The van der Waals surface area contributed by atoms with E-state index in [2.05, 4.69) is 42.8 Å². The molecule has 0 saturated heterocycles. The minimum absolute atomic E-state index is 0.251. The first-order chi connectivity index (χ1) is 14.1. The van der Waals surface area contributed by atoms with Crippen LogP contribution in [0.3, 0.4) is 0 Å². The molecule has 2 aromatic carbocycles. The molecule has 1 aromatic heterocycles. The van der Waals surface area contributed by atoms with Crippen LogP contribution in [0.15, 0.2) is 48.7 Å². The van der Waals surface area contributed by atoms with E-state index in [1.165, 1.54) is 12.3 Å². The number of benzene rings is 2. The van der Waals surface area contributed by atoms with Gasteiger partial charge in [0.2, 0.25) is 0 Å². The van der Waals surface area contributed by atoms with Crippen LogP contribution in [-0.2, 0) is 0 Å². The Balaban J connectivity index is 1.45. The molecule has 0 aliphatic rings. The Labute approximate surface area is 182 Å². The predicted molar refractivity (Wildman–Crippen MR) is 119 cm³/mol. The summed E-state index contributed by atoms with van der Waals surface area (Å²) in [6.45, 7) is 4.96. The number of rotatable bonds is 9. The van der Waals surface area contributed by atoms with Gasteiger partial charge in [0.05, 0.1) is 17.2 Å². The Kier molecular flexibility index (Phi) is 7.70. The smallest absolute Gasteiger partial charge is 0.271 e. The maximum absolute atomic E-state index is 13.6. The van der Waals surface area contributed by atoms with Gasteiger partial charge in [-0.25, -0.2) is 9.37 Å². The van der Waals surface area contributed by atoms with Gasteiger partial charge in [-0.2, -0.15) is 0 Å². The van der Waals surface area contributed by atoms with E-state index in [9.17, 15) is 9.18 Å². The Morgan fingerprint density at radius 3 is 2.83 bits per heavy atom. The lowest BCUT2D eigenvalue weighted by Gasteiger charge is -2.20. The number of para-hydroxylation sites is 1. The van der Waals surface area contributed by atoms with Gasteiger partial charge in [0.1, 0.15) is 12.3 Å². The van der Waals surface area contributed by atoms with Crippen molar-refractivity contribution < 1.29 is 13.9 Å². The fourth-order valence-electron chi connectivity index (χ4n) is 2.79. The molecule has 152 valence electrons. The number of nitrogens with one attached hydrogen (secondary N) is 1. The van der Waals surface area contributed by atoms with E-state index in [-0.39, 0.29) is 17.5 Å². The summed E-state index contributed by atoms with van der Waals surface area (Å²) < 4.78 is 20.1. The summed E-state index contributed by atoms with van der Waals surface area (Å²) >= 11 is 2.21. The summed E-state index contributed by atoms with van der Waals surface area (Å²) in [5.74, 6) is -0.368. The van der Waals surface area contributed by atoms with Crippen LogP contribution in [-0.4, -0.2) is 53.6 Å². The van der Waals surface area contributed by atoms with Crippen LogP contribution in [0.25, 0.3) is 11.0 Å². The monoisotopic (exact) mass is 508 g/mol. The predicted octanol–water partition coefficient (Wildman–Crippen LogP) is 3.50. The minimum atomic E-state index is -0.367. The highest BCUT2D eigenvalue weighted by atomic mass is 127. The average molecular weight is 508 g/mol. The highest BCUT2D eigenvalue weighted by molar-refractivity contribution is 14.1. The van der Waals surface area contributed by atoms with Crippen LogP contribution in [0, 0.1) is 9.39 Å². The van der Waals surface area contributed by atoms with Crippen molar-refractivity contribution in [3.05, 3.63) is 63.7 Å². The van der Waals surface area contributed by atoms with E-state index >= 15 is 0 Å². The number of hydrogen-bond donors (Lipinski definition) is 1. The van der Waals surface area contributed by atoms with Crippen LogP contribution in [0.5, 0.6) is 5.75 Å². The molecule has 0 saturated carbocycles. The molecular weight excluding hydrogens is 486 g/mol. The second kappa shape index (κ2) is 10.4. The Hall–Kier alpha value is -2.33. The zero-order valence-electron chi connectivity index (χ0n) is 16.1. The van der Waals surface area contributed by atoms with Crippen molar-refractivity contribution >= 4 is 39.5 Å². The summed E-state index contributed by atoms with van der Waals surface area (Å²) in [6.07, 6.45) is 1.49. The first-order valence-electron chi connectivity index (χ1n) is 9.37. The SMILES string of the molecule is CCN(CCNC(=O)c1cnc2cc(I)ccc2n1)CCOc1ccccc1F. The zero-order chi connectivity index (χ0) is 20.6. The third kappa shape index (κ3) is 6.07. The standard InChI is InChI=1S/C21H22FIN4O2/c1-2-27(11-12-29-20-6-4-3-5-16(20)22)10-9-24-21(28)19-14-25-18-13-15(23)7-8-17(18)26-19/h3-8,13-14H,2,9-12H2,1H3,(H,24,28). The molecule has 6 nitrogen and oxygen atoms in total. The van der Waals surface area contributed by atoms with Gasteiger partial charge in [0.25, 0.3) is 5.91 Å². The van der Waals surface area contributed by atoms with Gasteiger partial charge in [-0.3, -0.25) is 14.7 Å². The number of hydrogen-bond acceptors (Lipinski definition) is 5. The molecule has 0 radical (unpaired) electrons. The number of halogens is 2. The van der Waals surface area contributed by atoms with Crippen molar-refractivity contribution in [2.75, 3.05) is 32.8 Å². The van der Waals surface area contributed by atoms with Crippen LogP contribution in [0.1, 0.15) is 17.4 Å². The second-order valence-electron chi connectivity index (χ2n) is 6.36. The highest BCUT2D eigenvalue weighted by Crippen LogP contribution is 2.15. The molecule has 0 atom stereocenters. The van der Waals surface area contributed by atoms with Gasteiger partial charge >= 0.3 is 0 Å². The van der Waals surface area contributed by atoms with Gasteiger partial charge in [0.15, 0.2) is 11.6 Å². The quantitative estimate of drug-likeness (QED) is 0.449. The molecule has 0 spiro atoms.